The van der Waals surface area contributed by atoms with Crippen molar-refractivity contribution in [1.82, 2.24) is 15.5 Å². The Hall–Kier alpha value is -1.85. The Morgan fingerprint density at radius 3 is 3.11 bits per heavy atom. The Balaban J connectivity index is 1.47. The van der Waals surface area contributed by atoms with E-state index in [0.717, 1.165) is 23.5 Å². The lowest BCUT2D eigenvalue weighted by molar-refractivity contribution is -0.131. The second-order valence-electron chi connectivity index (χ2n) is 5.12. The summed E-state index contributed by atoms with van der Waals surface area (Å²) >= 11 is 0. The zero-order valence-electron chi connectivity index (χ0n) is 11.0. The van der Waals surface area contributed by atoms with E-state index in [0.29, 0.717) is 18.9 Å². The van der Waals surface area contributed by atoms with Gasteiger partial charge in [-0.3, -0.25) is 9.89 Å². The first-order valence-corrected chi connectivity index (χ1v) is 6.79. The molecule has 1 aromatic heterocycles. The van der Waals surface area contributed by atoms with Crippen molar-refractivity contribution >= 4 is 11.6 Å². The van der Waals surface area contributed by atoms with Crippen molar-refractivity contribution in [2.24, 2.45) is 5.16 Å². The van der Waals surface area contributed by atoms with E-state index in [1.807, 2.05) is 13.0 Å². The van der Waals surface area contributed by atoms with Crippen molar-refractivity contribution in [3.8, 4) is 0 Å². The minimum atomic E-state index is -0.472. The molecule has 0 radical (unpaired) electrons. The van der Waals surface area contributed by atoms with Gasteiger partial charge in [-0.05, 0) is 25.3 Å². The standard InChI is InChI=1S/C13H18N4O2/c1-2-9-6-12(19-17-9)13(18)14-7-10-5-11(16-15-10)8-3-4-8/h5,8,12H,2-4,6-7H2,1H3,(H,14,18)(H,15,16)/t12-/m0/s1. The number of oxime groups is 1. The number of nitrogens with one attached hydrogen (secondary N) is 2. The molecule has 1 atom stereocenters. The maximum atomic E-state index is 11.9. The van der Waals surface area contributed by atoms with E-state index in [4.69, 9.17) is 4.84 Å². The lowest BCUT2D eigenvalue weighted by Gasteiger charge is -2.08. The molecular weight excluding hydrogens is 244 g/mol. The molecular formula is C13H18N4O2. The molecule has 1 aliphatic heterocycles. The minimum absolute atomic E-state index is 0.116. The van der Waals surface area contributed by atoms with E-state index in [1.165, 1.54) is 12.8 Å². The predicted molar refractivity (Wildman–Crippen MR) is 69.6 cm³/mol. The molecule has 2 heterocycles. The molecule has 102 valence electrons. The number of hydrogen-bond donors (Lipinski definition) is 2. The van der Waals surface area contributed by atoms with Crippen molar-refractivity contribution in [2.75, 3.05) is 0 Å². The Bertz CT molecular complexity index is 504. The smallest absolute Gasteiger partial charge is 0.264 e. The maximum Gasteiger partial charge on any atom is 0.264 e. The summed E-state index contributed by atoms with van der Waals surface area (Å²) in [5.41, 5.74) is 2.99. The molecule has 0 spiro atoms. The first-order chi connectivity index (χ1) is 9.26. The topological polar surface area (TPSA) is 79.4 Å². The van der Waals surface area contributed by atoms with Gasteiger partial charge in [0.05, 0.1) is 23.6 Å². The van der Waals surface area contributed by atoms with E-state index in [9.17, 15) is 4.79 Å². The van der Waals surface area contributed by atoms with Crippen LogP contribution < -0.4 is 5.32 Å². The van der Waals surface area contributed by atoms with Crippen LogP contribution in [0.4, 0.5) is 0 Å². The Morgan fingerprint density at radius 2 is 2.42 bits per heavy atom. The van der Waals surface area contributed by atoms with Gasteiger partial charge in [0.2, 0.25) is 6.10 Å². The fraction of sp³-hybridized carbons (Fsp3) is 0.615. The van der Waals surface area contributed by atoms with Gasteiger partial charge >= 0.3 is 0 Å². The molecule has 1 fully saturated rings. The summed E-state index contributed by atoms with van der Waals surface area (Å²) < 4.78 is 0. The predicted octanol–water partition coefficient (Wildman–Crippen LogP) is 1.46. The third-order valence-corrected chi connectivity index (χ3v) is 3.53. The highest BCUT2D eigenvalue weighted by molar-refractivity contribution is 5.92. The van der Waals surface area contributed by atoms with Crippen LogP contribution in [0.2, 0.25) is 0 Å². The number of H-pyrrole nitrogens is 1. The molecule has 1 aromatic rings. The molecule has 1 saturated carbocycles. The lowest BCUT2D eigenvalue weighted by Crippen LogP contribution is -2.34. The molecule has 6 heteroatoms. The van der Waals surface area contributed by atoms with Gasteiger partial charge in [0.15, 0.2) is 0 Å². The lowest BCUT2D eigenvalue weighted by atomic mass is 10.1. The van der Waals surface area contributed by atoms with Crippen molar-refractivity contribution in [1.29, 1.82) is 0 Å². The number of rotatable bonds is 5. The van der Waals surface area contributed by atoms with Crippen LogP contribution >= 0.6 is 0 Å². The summed E-state index contributed by atoms with van der Waals surface area (Å²) in [5, 5.41) is 13.9. The van der Waals surface area contributed by atoms with Gasteiger partial charge in [-0.15, -0.1) is 0 Å². The maximum absolute atomic E-state index is 11.9. The molecule has 1 aliphatic carbocycles. The summed E-state index contributed by atoms with van der Waals surface area (Å²) in [5.74, 6) is 0.508. The second kappa shape index (κ2) is 5.03. The van der Waals surface area contributed by atoms with Crippen LogP contribution in [-0.2, 0) is 16.2 Å². The summed E-state index contributed by atoms with van der Waals surface area (Å²) in [4.78, 5) is 17.0. The third kappa shape index (κ3) is 2.77. The molecule has 3 rings (SSSR count). The monoisotopic (exact) mass is 262 g/mol. The molecule has 0 bridgehead atoms. The van der Waals surface area contributed by atoms with Gasteiger partial charge in [-0.1, -0.05) is 12.1 Å². The molecule has 0 aromatic carbocycles. The average Bonchev–Trinajstić information content (AvgIpc) is 2.99. The molecule has 19 heavy (non-hydrogen) atoms. The number of nitrogens with zero attached hydrogens (tertiary/aromatic N) is 2. The Morgan fingerprint density at radius 1 is 1.58 bits per heavy atom. The Labute approximate surface area is 111 Å². The first-order valence-electron chi connectivity index (χ1n) is 6.79. The number of hydrogen-bond acceptors (Lipinski definition) is 4. The molecule has 1 amide bonds. The van der Waals surface area contributed by atoms with E-state index >= 15 is 0 Å². The fourth-order valence-electron chi connectivity index (χ4n) is 2.13. The van der Waals surface area contributed by atoms with Gasteiger partial charge in [-0.2, -0.15) is 5.10 Å². The number of carbonyl (C=O) groups is 1. The molecule has 6 nitrogen and oxygen atoms in total. The Kier molecular flexibility index (Phi) is 3.23. The van der Waals surface area contributed by atoms with Gasteiger partial charge in [0, 0.05) is 12.3 Å². The van der Waals surface area contributed by atoms with E-state index < -0.39 is 6.10 Å². The average molecular weight is 262 g/mol. The van der Waals surface area contributed by atoms with Crippen molar-refractivity contribution in [3.63, 3.8) is 0 Å². The SMILES string of the molecule is CCC1=NO[C@H](C(=O)NCc2cc(C3CC3)n[nH]2)C1. The van der Waals surface area contributed by atoms with Gasteiger partial charge < -0.3 is 10.2 Å². The highest BCUT2D eigenvalue weighted by atomic mass is 16.6. The van der Waals surface area contributed by atoms with E-state index in [1.54, 1.807) is 0 Å². The highest BCUT2D eigenvalue weighted by Gasteiger charge is 2.28. The van der Waals surface area contributed by atoms with Crippen molar-refractivity contribution in [3.05, 3.63) is 17.5 Å². The molecule has 0 unspecified atom stereocenters. The van der Waals surface area contributed by atoms with Crippen LogP contribution in [-0.4, -0.2) is 27.9 Å². The second-order valence-corrected chi connectivity index (χ2v) is 5.12. The normalized spacial score (nSPS) is 21.9. The van der Waals surface area contributed by atoms with Crippen LogP contribution in [0.3, 0.4) is 0 Å². The van der Waals surface area contributed by atoms with Crippen LogP contribution in [0, 0.1) is 0 Å². The third-order valence-electron chi connectivity index (χ3n) is 3.53. The van der Waals surface area contributed by atoms with Crippen molar-refractivity contribution in [2.45, 2.75) is 51.2 Å². The summed E-state index contributed by atoms with van der Waals surface area (Å²) in [6.07, 6.45) is 3.40. The number of amides is 1. The summed E-state index contributed by atoms with van der Waals surface area (Å²) in [7, 11) is 0. The van der Waals surface area contributed by atoms with Gasteiger partial charge in [0.25, 0.3) is 5.91 Å². The fourth-order valence-corrected chi connectivity index (χ4v) is 2.13. The highest BCUT2D eigenvalue weighted by Crippen LogP contribution is 2.38. The zero-order chi connectivity index (χ0) is 13.2. The molecule has 2 aliphatic rings. The number of carbonyl (C=O) groups excluding carboxylic acids is 1. The summed E-state index contributed by atoms with van der Waals surface area (Å²) in [6.45, 7) is 2.46. The van der Waals surface area contributed by atoms with E-state index in [2.05, 4.69) is 20.7 Å². The quantitative estimate of drug-likeness (QED) is 0.843. The van der Waals surface area contributed by atoms with Crippen LogP contribution in [0.1, 0.15) is 49.9 Å². The van der Waals surface area contributed by atoms with E-state index in [-0.39, 0.29) is 5.91 Å². The molecule has 2 N–H and O–H groups in total. The van der Waals surface area contributed by atoms with Gasteiger partial charge in [-0.25, -0.2) is 0 Å². The molecule has 0 saturated heterocycles. The number of aromatic nitrogens is 2. The van der Waals surface area contributed by atoms with Gasteiger partial charge in [0.1, 0.15) is 0 Å². The van der Waals surface area contributed by atoms with Crippen LogP contribution in [0.5, 0.6) is 0 Å². The summed E-state index contributed by atoms with van der Waals surface area (Å²) in [6, 6.07) is 2.03. The van der Waals surface area contributed by atoms with Crippen molar-refractivity contribution < 1.29 is 9.63 Å². The number of aromatic amines is 1. The first kappa shape index (κ1) is 12.2. The zero-order valence-corrected chi connectivity index (χ0v) is 11.0. The van der Waals surface area contributed by atoms with Crippen LogP contribution in [0.25, 0.3) is 0 Å². The largest absolute Gasteiger partial charge is 0.382 e. The van der Waals surface area contributed by atoms with Crippen LogP contribution in [0.15, 0.2) is 11.2 Å². The minimum Gasteiger partial charge on any atom is -0.382 e.